The summed E-state index contributed by atoms with van der Waals surface area (Å²) in [5.74, 6) is 5.26. The maximum absolute atomic E-state index is 10.6. The third-order valence-corrected chi connectivity index (χ3v) is 2.74. The van der Waals surface area contributed by atoms with Crippen LogP contribution in [0.15, 0.2) is 24.3 Å². The lowest BCUT2D eigenvalue weighted by molar-refractivity contribution is -0.117. The first-order valence-corrected chi connectivity index (χ1v) is 5.95. The van der Waals surface area contributed by atoms with Crippen LogP contribution < -0.4 is 10.6 Å². The van der Waals surface area contributed by atoms with Crippen molar-refractivity contribution in [2.75, 3.05) is 31.2 Å². The van der Waals surface area contributed by atoms with Gasteiger partial charge in [0.05, 0.1) is 19.6 Å². The number of morpholine rings is 1. The third-order valence-electron chi connectivity index (χ3n) is 2.74. The molecule has 2 rings (SSSR count). The van der Waals surface area contributed by atoms with E-state index in [2.05, 4.69) is 16.7 Å². The van der Waals surface area contributed by atoms with Gasteiger partial charge in [-0.1, -0.05) is 11.8 Å². The number of nitrogens with zero attached hydrogens (tertiary/aromatic N) is 1. The van der Waals surface area contributed by atoms with E-state index in [1.807, 2.05) is 24.3 Å². The fourth-order valence-electron chi connectivity index (χ4n) is 1.81. The van der Waals surface area contributed by atoms with Crippen molar-refractivity contribution in [3.8, 4) is 11.8 Å². The summed E-state index contributed by atoms with van der Waals surface area (Å²) in [7, 11) is 0. The fraction of sp³-hybridized carbons (Fsp3) is 0.357. The van der Waals surface area contributed by atoms with Gasteiger partial charge in [0.2, 0.25) is 5.91 Å². The molecule has 0 aliphatic carbocycles. The van der Waals surface area contributed by atoms with Crippen LogP contribution in [0, 0.1) is 11.8 Å². The Morgan fingerprint density at radius 3 is 2.56 bits per heavy atom. The summed E-state index contributed by atoms with van der Waals surface area (Å²) in [6, 6.07) is 8.00. The highest BCUT2D eigenvalue weighted by atomic mass is 16.5. The maximum Gasteiger partial charge on any atom is 0.229 e. The van der Waals surface area contributed by atoms with Gasteiger partial charge in [-0.25, -0.2) is 0 Å². The lowest BCUT2D eigenvalue weighted by Gasteiger charge is -2.28. The van der Waals surface area contributed by atoms with E-state index in [9.17, 15) is 4.79 Å². The van der Waals surface area contributed by atoms with E-state index in [1.165, 1.54) is 5.69 Å². The monoisotopic (exact) mass is 244 g/mol. The van der Waals surface area contributed by atoms with Gasteiger partial charge in [0.1, 0.15) is 0 Å². The fourth-order valence-corrected chi connectivity index (χ4v) is 1.81. The van der Waals surface area contributed by atoms with E-state index >= 15 is 0 Å². The molecule has 0 aromatic heterocycles. The van der Waals surface area contributed by atoms with Crippen molar-refractivity contribution in [3.05, 3.63) is 29.8 Å². The van der Waals surface area contributed by atoms with Crippen LogP contribution in [0.1, 0.15) is 12.0 Å². The molecule has 94 valence electrons. The Balaban J connectivity index is 1.99. The molecule has 2 N–H and O–H groups in total. The summed E-state index contributed by atoms with van der Waals surface area (Å²) >= 11 is 0. The van der Waals surface area contributed by atoms with Crippen molar-refractivity contribution < 1.29 is 9.53 Å². The van der Waals surface area contributed by atoms with Crippen molar-refractivity contribution in [3.63, 3.8) is 0 Å². The van der Waals surface area contributed by atoms with Gasteiger partial charge in [-0.3, -0.25) is 4.79 Å². The Hall–Kier alpha value is -1.99. The maximum atomic E-state index is 10.6. The molecule has 1 aliphatic heterocycles. The molecule has 1 fully saturated rings. The standard InChI is InChI=1S/C14H16N2O2/c15-14(17)3-1-2-12-4-6-13(7-5-12)16-8-10-18-11-9-16/h4-7H,3,8-11H2,(H2,15,17). The average Bonchev–Trinajstić information content (AvgIpc) is 2.40. The molecule has 1 aromatic carbocycles. The van der Waals surface area contributed by atoms with Gasteiger partial charge < -0.3 is 15.4 Å². The van der Waals surface area contributed by atoms with Gasteiger partial charge in [0.15, 0.2) is 0 Å². The number of primary amides is 1. The van der Waals surface area contributed by atoms with E-state index in [0.29, 0.717) is 0 Å². The number of rotatable bonds is 2. The molecule has 1 amide bonds. The molecule has 18 heavy (non-hydrogen) atoms. The zero-order chi connectivity index (χ0) is 12.8. The molecule has 4 heteroatoms. The van der Waals surface area contributed by atoms with Crippen LogP contribution in [0.25, 0.3) is 0 Å². The summed E-state index contributed by atoms with van der Waals surface area (Å²) in [4.78, 5) is 12.8. The number of carbonyl (C=O) groups excluding carboxylic acids is 1. The Bertz CT molecular complexity index is 465. The van der Waals surface area contributed by atoms with Crippen molar-refractivity contribution in [1.29, 1.82) is 0 Å². The largest absolute Gasteiger partial charge is 0.378 e. The molecule has 1 saturated heterocycles. The van der Waals surface area contributed by atoms with Crippen LogP contribution in [0.2, 0.25) is 0 Å². The van der Waals surface area contributed by atoms with Crippen LogP contribution in [0.4, 0.5) is 5.69 Å². The summed E-state index contributed by atoms with van der Waals surface area (Å²) in [6.45, 7) is 3.40. The smallest absolute Gasteiger partial charge is 0.229 e. The quantitative estimate of drug-likeness (QED) is 0.781. The number of benzene rings is 1. The topological polar surface area (TPSA) is 55.6 Å². The predicted octanol–water partition coefficient (Wildman–Crippen LogP) is 0.750. The highest BCUT2D eigenvalue weighted by molar-refractivity contribution is 5.76. The second-order valence-electron chi connectivity index (χ2n) is 4.09. The van der Waals surface area contributed by atoms with E-state index in [0.717, 1.165) is 31.9 Å². The van der Waals surface area contributed by atoms with E-state index in [-0.39, 0.29) is 6.42 Å². The van der Waals surface area contributed by atoms with Gasteiger partial charge in [-0.2, -0.15) is 0 Å². The first-order chi connectivity index (χ1) is 8.75. The number of nitrogens with two attached hydrogens (primary N) is 1. The molecular formula is C14H16N2O2. The van der Waals surface area contributed by atoms with Gasteiger partial charge in [0.25, 0.3) is 0 Å². The Morgan fingerprint density at radius 2 is 1.94 bits per heavy atom. The molecule has 0 atom stereocenters. The van der Waals surface area contributed by atoms with Crippen LogP contribution >= 0.6 is 0 Å². The third kappa shape index (κ3) is 3.51. The summed E-state index contributed by atoms with van der Waals surface area (Å²) in [5, 5.41) is 0. The Labute approximate surface area is 107 Å². The summed E-state index contributed by atoms with van der Waals surface area (Å²) < 4.78 is 5.31. The minimum atomic E-state index is -0.396. The van der Waals surface area contributed by atoms with Gasteiger partial charge in [0, 0.05) is 24.3 Å². The molecular weight excluding hydrogens is 228 g/mol. The minimum absolute atomic E-state index is 0.102. The zero-order valence-electron chi connectivity index (χ0n) is 10.2. The van der Waals surface area contributed by atoms with Crippen LogP contribution in [0.3, 0.4) is 0 Å². The number of ether oxygens (including phenoxy) is 1. The Kier molecular flexibility index (Phi) is 4.21. The lowest BCUT2D eigenvalue weighted by atomic mass is 10.2. The lowest BCUT2D eigenvalue weighted by Crippen LogP contribution is -2.36. The predicted molar refractivity (Wildman–Crippen MR) is 70.2 cm³/mol. The zero-order valence-corrected chi connectivity index (χ0v) is 10.2. The molecule has 0 saturated carbocycles. The van der Waals surface area contributed by atoms with E-state index < -0.39 is 5.91 Å². The molecule has 0 spiro atoms. The van der Waals surface area contributed by atoms with Gasteiger partial charge >= 0.3 is 0 Å². The van der Waals surface area contributed by atoms with Crippen molar-refractivity contribution in [1.82, 2.24) is 0 Å². The van der Waals surface area contributed by atoms with Crippen LogP contribution in [-0.2, 0) is 9.53 Å². The molecule has 0 bridgehead atoms. The Morgan fingerprint density at radius 1 is 1.28 bits per heavy atom. The molecule has 0 unspecified atom stereocenters. The first-order valence-electron chi connectivity index (χ1n) is 5.95. The number of carbonyl (C=O) groups is 1. The second-order valence-corrected chi connectivity index (χ2v) is 4.09. The van der Waals surface area contributed by atoms with Crippen molar-refractivity contribution >= 4 is 11.6 Å². The molecule has 4 nitrogen and oxygen atoms in total. The van der Waals surface area contributed by atoms with Crippen molar-refractivity contribution in [2.24, 2.45) is 5.73 Å². The first kappa shape index (κ1) is 12.5. The van der Waals surface area contributed by atoms with Crippen molar-refractivity contribution in [2.45, 2.75) is 6.42 Å². The molecule has 1 aliphatic rings. The SMILES string of the molecule is NC(=O)CC#Cc1ccc(N2CCOCC2)cc1. The van der Waals surface area contributed by atoms with Gasteiger partial charge in [-0.15, -0.1) is 0 Å². The number of anilines is 1. The minimum Gasteiger partial charge on any atom is -0.378 e. The molecule has 1 aromatic rings. The van der Waals surface area contributed by atoms with E-state index in [4.69, 9.17) is 10.5 Å². The van der Waals surface area contributed by atoms with E-state index in [1.54, 1.807) is 0 Å². The molecule has 1 heterocycles. The van der Waals surface area contributed by atoms with Gasteiger partial charge in [-0.05, 0) is 24.3 Å². The molecule has 0 radical (unpaired) electrons. The van der Waals surface area contributed by atoms with Crippen LogP contribution in [-0.4, -0.2) is 32.2 Å². The number of hydrogen-bond donors (Lipinski definition) is 1. The summed E-state index contributed by atoms with van der Waals surface area (Å²) in [6.07, 6.45) is 0.102. The number of hydrogen-bond acceptors (Lipinski definition) is 3. The summed E-state index contributed by atoms with van der Waals surface area (Å²) in [5.41, 5.74) is 7.09. The highest BCUT2D eigenvalue weighted by Gasteiger charge is 2.10. The average molecular weight is 244 g/mol. The van der Waals surface area contributed by atoms with Crippen LogP contribution in [0.5, 0.6) is 0 Å². The number of amides is 1. The second kappa shape index (κ2) is 6.08. The highest BCUT2D eigenvalue weighted by Crippen LogP contribution is 2.16. The normalized spacial score (nSPS) is 14.8.